The normalized spacial score (nSPS) is 13.0. The van der Waals surface area contributed by atoms with Crippen molar-refractivity contribution in [2.75, 3.05) is 11.5 Å². The van der Waals surface area contributed by atoms with Gasteiger partial charge in [-0.2, -0.15) is 0 Å². The van der Waals surface area contributed by atoms with Crippen LogP contribution in [0.5, 0.6) is 0 Å². The fraction of sp³-hybridized carbons (Fsp3) is 0.250. The summed E-state index contributed by atoms with van der Waals surface area (Å²) in [6.45, 7) is 1.72. The van der Waals surface area contributed by atoms with Crippen molar-refractivity contribution in [2.45, 2.75) is 19.1 Å². The van der Waals surface area contributed by atoms with Gasteiger partial charge < -0.3 is 0 Å². The molecule has 0 saturated heterocycles. The van der Waals surface area contributed by atoms with Crippen molar-refractivity contribution in [1.82, 2.24) is 0 Å². The van der Waals surface area contributed by atoms with Crippen LogP contribution in [0.15, 0.2) is 48.5 Å². The molecule has 0 heterocycles. The van der Waals surface area contributed by atoms with Gasteiger partial charge >= 0.3 is 130 Å². The molecule has 0 spiro atoms. The quantitative estimate of drug-likeness (QED) is 0.652. The van der Waals surface area contributed by atoms with Gasteiger partial charge in [0.05, 0.1) is 0 Å². The third kappa shape index (κ3) is 4.12. The molecule has 0 aliphatic carbocycles. The summed E-state index contributed by atoms with van der Waals surface area (Å²) in [5, 5.41) is 0. The van der Waals surface area contributed by atoms with E-state index >= 15 is 0 Å². The number of rotatable bonds is 5. The van der Waals surface area contributed by atoms with Crippen molar-refractivity contribution in [2.24, 2.45) is 0 Å². The van der Waals surface area contributed by atoms with Crippen LogP contribution in [-0.2, 0) is 14.5 Å². The number of nitrogen functional groups attached to an aromatic ring is 1. The first-order valence-electron chi connectivity index (χ1n) is 6.82. The predicted molar refractivity (Wildman–Crippen MR) is 90.8 cm³/mol. The van der Waals surface area contributed by atoms with Crippen molar-refractivity contribution in [3.63, 3.8) is 0 Å². The van der Waals surface area contributed by atoms with Gasteiger partial charge in [-0.3, -0.25) is 0 Å². The summed E-state index contributed by atoms with van der Waals surface area (Å²) >= 11 is -2.00. The van der Waals surface area contributed by atoms with Crippen molar-refractivity contribution in [1.29, 1.82) is 0 Å². The molecule has 2 rings (SSSR count). The Hall–Kier alpha value is -1.25. The summed E-state index contributed by atoms with van der Waals surface area (Å²) in [5.41, 5.74) is 10.7. The van der Waals surface area contributed by atoms with E-state index in [-0.39, 0.29) is 5.75 Å². The van der Waals surface area contributed by atoms with Gasteiger partial charge in [0.25, 0.3) is 0 Å². The Bertz CT molecular complexity index is 694. The summed E-state index contributed by atoms with van der Waals surface area (Å²) in [6, 6.07) is 15.8. The Balaban J connectivity index is 2.14. The van der Waals surface area contributed by atoms with Crippen LogP contribution in [0, 0.1) is 0 Å². The Labute approximate surface area is 130 Å². The van der Waals surface area contributed by atoms with Crippen molar-refractivity contribution in [3.05, 3.63) is 59.7 Å². The molecule has 5 heteroatoms. The summed E-state index contributed by atoms with van der Waals surface area (Å²) in [5.74, 6) is 0.233. The van der Waals surface area contributed by atoms with E-state index in [0.717, 1.165) is 16.5 Å². The first-order chi connectivity index (χ1) is 9.92. The van der Waals surface area contributed by atoms with E-state index in [2.05, 4.69) is 0 Å². The van der Waals surface area contributed by atoms with Gasteiger partial charge in [0, 0.05) is 0 Å². The Kier molecular flexibility index (Phi) is 5.12. The SMILES string of the molecule is CCS(=O)(=O)[As](C)c1ccc(Cc2ccc(N)cc2)cc1. The molecule has 1 atom stereocenters. The monoisotopic (exact) mass is 365 g/mol. The van der Waals surface area contributed by atoms with Crippen molar-refractivity contribution < 1.29 is 8.42 Å². The van der Waals surface area contributed by atoms with Gasteiger partial charge in [0.15, 0.2) is 0 Å². The Morgan fingerprint density at radius 3 is 1.90 bits per heavy atom. The third-order valence-corrected chi connectivity index (χ3v) is 15.2. The topological polar surface area (TPSA) is 60.2 Å². The molecular formula is C16H20AsNO2S. The summed E-state index contributed by atoms with van der Waals surface area (Å²) < 4.78 is 24.9. The third-order valence-electron chi connectivity index (χ3n) is 3.47. The molecule has 112 valence electrons. The van der Waals surface area contributed by atoms with E-state index in [0.29, 0.717) is 0 Å². The molecule has 1 unspecified atom stereocenters. The van der Waals surface area contributed by atoms with Gasteiger partial charge in [-0.05, 0) is 0 Å². The number of anilines is 1. The molecule has 0 radical (unpaired) electrons. The van der Waals surface area contributed by atoms with E-state index in [1.807, 2.05) is 54.2 Å². The van der Waals surface area contributed by atoms with Crippen molar-refractivity contribution in [3.8, 4) is 0 Å². The Morgan fingerprint density at radius 2 is 1.43 bits per heavy atom. The molecule has 0 amide bonds. The molecule has 0 aromatic heterocycles. The van der Waals surface area contributed by atoms with Gasteiger partial charge in [-0.1, -0.05) is 0 Å². The number of benzene rings is 2. The van der Waals surface area contributed by atoms with Crippen LogP contribution >= 0.6 is 0 Å². The number of nitrogens with two attached hydrogens (primary N) is 1. The van der Waals surface area contributed by atoms with E-state index < -0.39 is 21.6 Å². The van der Waals surface area contributed by atoms with E-state index in [9.17, 15) is 8.42 Å². The molecule has 0 bridgehead atoms. The zero-order valence-corrected chi connectivity index (χ0v) is 15.0. The maximum absolute atomic E-state index is 12.0. The molecule has 2 aromatic rings. The second-order valence-electron chi connectivity index (χ2n) is 4.95. The first-order valence-corrected chi connectivity index (χ1v) is 13.5. The molecule has 0 saturated carbocycles. The van der Waals surface area contributed by atoms with Crippen molar-refractivity contribution >= 4 is 31.6 Å². The van der Waals surface area contributed by atoms with E-state index in [4.69, 9.17) is 5.73 Å². The zero-order valence-electron chi connectivity index (χ0n) is 12.3. The second-order valence-corrected chi connectivity index (χ2v) is 16.2. The summed E-state index contributed by atoms with van der Waals surface area (Å²) in [4.78, 5) is 0. The van der Waals surface area contributed by atoms with Crippen LogP contribution in [0.25, 0.3) is 0 Å². The zero-order chi connectivity index (χ0) is 15.5. The average Bonchev–Trinajstić information content (AvgIpc) is 2.49. The van der Waals surface area contributed by atoms with E-state index in [1.165, 1.54) is 11.1 Å². The Morgan fingerprint density at radius 1 is 0.952 bits per heavy atom. The van der Waals surface area contributed by atoms with Gasteiger partial charge in [-0.15, -0.1) is 0 Å². The first kappa shape index (κ1) is 16.1. The van der Waals surface area contributed by atoms with Crippen LogP contribution in [0.3, 0.4) is 0 Å². The molecule has 3 nitrogen and oxygen atoms in total. The number of hydrogen-bond donors (Lipinski definition) is 1. The van der Waals surface area contributed by atoms with Gasteiger partial charge in [-0.25, -0.2) is 0 Å². The molecule has 2 N–H and O–H groups in total. The van der Waals surface area contributed by atoms with E-state index in [1.54, 1.807) is 6.92 Å². The summed E-state index contributed by atoms with van der Waals surface area (Å²) in [6.07, 6.45) is 0.831. The molecule has 0 aliphatic rings. The average molecular weight is 365 g/mol. The standard InChI is InChI=1S/C16H20AsNO2S/c1-3-21(19,20)17(2)15-8-4-13(5-9-15)12-14-6-10-16(18)11-7-14/h4-11H,3,12,18H2,1-2H3. The molecule has 0 aliphatic heterocycles. The van der Waals surface area contributed by atoms with Crippen LogP contribution in [0.2, 0.25) is 5.71 Å². The molecule has 2 aromatic carbocycles. The minimum absolute atomic E-state index is 0.233. The second kappa shape index (κ2) is 6.67. The molecular weight excluding hydrogens is 345 g/mol. The maximum atomic E-state index is 12.0. The van der Waals surface area contributed by atoms with Crippen LogP contribution in [0.4, 0.5) is 5.69 Å². The van der Waals surface area contributed by atoms with Gasteiger partial charge in [0.2, 0.25) is 0 Å². The summed E-state index contributed by atoms with van der Waals surface area (Å²) in [7, 11) is -2.90. The van der Waals surface area contributed by atoms with Crippen LogP contribution in [-0.4, -0.2) is 27.7 Å². The fourth-order valence-corrected chi connectivity index (χ4v) is 9.04. The fourth-order valence-electron chi connectivity index (χ4n) is 2.05. The predicted octanol–water partition coefficient (Wildman–Crippen LogP) is 2.12. The van der Waals surface area contributed by atoms with Crippen LogP contribution in [0.1, 0.15) is 18.1 Å². The minimum atomic E-state index is -2.90. The van der Waals surface area contributed by atoms with Crippen LogP contribution < -0.4 is 10.1 Å². The molecule has 21 heavy (non-hydrogen) atoms. The number of hydrogen-bond acceptors (Lipinski definition) is 3. The molecule has 0 fully saturated rings. The van der Waals surface area contributed by atoms with Gasteiger partial charge in [0.1, 0.15) is 0 Å².